The zero-order valence-corrected chi connectivity index (χ0v) is 12.1. The summed E-state index contributed by atoms with van der Waals surface area (Å²) in [6, 6.07) is 4.26. The number of nitrogens with one attached hydrogen (secondary N) is 2. The van der Waals surface area contributed by atoms with E-state index in [2.05, 4.69) is 26.6 Å². The Hall–Kier alpha value is -0.390. The molecule has 0 aliphatic rings. The molecule has 0 radical (unpaired) electrons. The molecule has 2 unspecified atom stereocenters. The number of hydrogen-bond acceptors (Lipinski definition) is 3. The molecule has 1 amide bonds. The first-order valence-electron chi connectivity index (χ1n) is 5.24. The summed E-state index contributed by atoms with van der Waals surface area (Å²) in [5, 5.41) is 6.01. The molecule has 0 spiro atoms. The van der Waals surface area contributed by atoms with Crippen molar-refractivity contribution in [2.24, 2.45) is 0 Å². The largest absolute Gasteiger partial charge is 0.354 e. The van der Waals surface area contributed by atoms with Gasteiger partial charge in [0.15, 0.2) is 0 Å². The van der Waals surface area contributed by atoms with Crippen LogP contribution in [0, 0.1) is 0 Å². The Balaban J connectivity index is 2.48. The molecule has 1 aromatic rings. The Bertz CT molecular complexity index is 354. The minimum Gasteiger partial charge on any atom is -0.354 e. The predicted octanol–water partition coefficient (Wildman–Crippen LogP) is 2.34. The summed E-state index contributed by atoms with van der Waals surface area (Å²) >= 11 is 5.00. The Labute approximate surface area is 109 Å². The van der Waals surface area contributed by atoms with Crippen molar-refractivity contribution < 1.29 is 4.79 Å². The molecule has 16 heavy (non-hydrogen) atoms. The van der Waals surface area contributed by atoms with Crippen LogP contribution in [0.5, 0.6) is 0 Å². The van der Waals surface area contributed by atoms with Crippen LogP contribution in [0.15, 0.2) is 15.9 Å². The highest BCUT2D eigenvalue weighted by atomic mass is 79.9. The second-order valence-corrected chi connectivity index (χ2v) is 6.29. The van der Waals surface area contributed by atoms with Crippen molar-refractivity contribution in [2.75, 3.05) is 13.6 Å². The number of halogens is 1. The predicted molar refractivity (Wildman–Crippen MR) is 72.0 cm³/mol. The fourth-order valence-corrected chi connectivity index (χ4v) is 2.67. The Kier molecular flexibility index (Phi) is 5.44. The molecule has 90 valence electrons. The number of carbonyl (C=O) groups is 1. The number of rotatable bonds is 5. The summed E-state index contributed by atoms with van der Waals surface area (Å²) in [6.45, 7) is 4.62. The van der Waals surface area contributed by atoms with Crippen molar-refractivity contribution in [1.82, 2.24) is 10.6 Å². The van der Waals surface area contributed by atoms with Gasteiger partial charge in [-0.2, -0.15) is 0 Å². The second-order valence-electron chi connectivity index (χ2n) is 3.80. The average Bonchev–Trinajstić information content (AvgIpc) is 2.71. The first kappa shape index (κ1) is 13.7. The fraction of sp³-hybridized carbons (Fsp3) is 0.545. The number of carbonyl (C=O) groups excluding carboxylic acids is 1. The third-order valence-electron chi connectivity index (χ3n) is 2.49. The van der Waals surface area contributed by atoms with Crippen molar-refractivity contribution in [1.29, 1.82) is 0 Å². The highest BCUT2D eigenvalue weighted by Crippen LogP contribution is 2.28. The molecule has 2 N–H and O–H groups in total. The van der Waals surface area contributed by atoms with Crippen LogP contribution >= 0.6 is 27.3 Å². The van der Waals surface area contributed by atoms with Gasteiger partial charge in [0.25, 0.3) is 0 Å². The fourth-order valence-electron chi connectivity index (χ4n) is 1.20. The zero-order chi connectivity index (χ0) is 12.1. The maximum absolute atomic E-state index is 11.8. The van der Waals surface area contributed by atoms with Crippen LogP contribution in [0.3, 0.4) is 0 Å². The molecule has 2 atom stereocenters. The van der Waals surface area contributed by atoms with E-state index >= 15 is 0 Å². The number of hydrogen-bond donors (Lipinski definition) is 2. The molecule has 3 nitrogen and oxygen atoms in total. The summed E-state index contributed by atoms with van der Waals surface area (Å²) in [5.41, 5.74) is 0. The van der Waals surface area contributed by atoms with Crippen LogP contribution in [0.4, 0.5) is 0 Å². The van der Waals surface area contributed by atoms with Crippen molar-refractivity contribution in [3.05, 3.63) is 20.8 Å². The first-order chi connectivity index (χ1) is 7.54. The van der Waals surface area contributed by atoms with Gasteiger partial charge in [0.1, 0.15) is 0 Å². The summed E-state index contributed by atoms with van der Waals surface area (Å²) in [6.07, 6.45) is 0. The summed E-state index contributed by atoms with van der Waals surface area (Å²) < 4.78 is 1.06. The third-order valence-corrected chi connectivity index (χ3v) is 4.30. The molecule has 0 aliphatic heterocycles. The number of thiophene rings is 1. The van der Waals surface area contributed by atoms with E-state index in [0.29, 0.717) is 12.6 Å². The van der Waals surface area contributed by atoms with Gasteiger partial charge in [-0.05, 0) is 49.0 Å². The molecule has 1 heterocycles. The molecule has 0 bridgehead atoms. The summed E-state index contributed by atoms with van der Waals surface area (Å²) in [4.78, 5) is 12.9. The van der Waals surface area contributed by atoms with E-state index in [1.165, 1.54) is 0 Å². The van der Waals surface area contributed by atoms with E-state index in [9.17, 15) is 4.79 Å². The molecule has 0 saturated heterocycles. The van der Waals surface area contributed by atoms with Crippen molar-refractivity contribution in [2.45, 2.75) is 25.8 Å². The summed E-state index contributed by atoms with van der Waals surface area (Å²) in [7, 11) is 1.89. The third kappa shape index (κ3) is 3.88. The van der Waals surface area contributed by atoms with Crippen molar-refractivity contribution >= 4 is 33.2 Å². The standard InChI is InChI=1S/C11H17BrN2OS/c1-7(13-3)6-14-11(15)8(2)9-4-5-10(12)16-9/h4-5,7-8,13H,6H2,1-3H3,(H,14,15). The van der Waals surface area contributed by atoms with E-state index in [0.717, 1.165) is 8.66 Å². The molecular formula is C11H17BrN2OS. The maximum atomic E-state index is 11.8. The van der Waals surface area contributed by atoms with Gasteiger partial charge in [0.2, 0.25) is 5.91 Å². The number of amides is 1. The topological polar surface area (TPSA) is 41.1 Å². The van der Waals surface area contributed by atoms with Gasteiger partial charge < -0.3 is 10.6 Å². The van der Waals surface area contributed by atoms with E-state index in [1.807, 2.05) is 33.0 Å². The minimum atomic E-state index is -0.0830. The van der Waals surface area contributed by atoms with Crippen LogP contribution in [-0.4, -0.2) is 25.5 Å². The van der Waals surface area contributed by atoms with Gasteiger partial charge >= 0.3 is 0 Å². The Morgan fingerprint density at radius 3 is 2.69 bits per heavy atom. The van der Waals surface area contributed by atoms with Gasteiger partial charge in [-0.3, -0.25) is 4.79 Å². The highest BCUT2D eigenvalue weighted by Gasteiger charge is 2.16. The van der Waals surface area contributed by atoms with Gasteiger partial charge in [0, 0.05) is 17.5 Å². The molecule has 0 saturated carbocycles. The Morgan fingerprint density at radius 1 is 1.50 bits per heavy atom. The smallest absolute Gasteiger partial charge is 0.228 e. The molecule has 0 aromatic carbocycles. The van der Waals surface area contributed by atoms with Gasteiger partial charge in [-0.1, -0.05) is 0 Å². The van der Waals surface area contributed by atoms with E-state index < -0.39 is 0 Å². The molecule has 1 aromatic heterocycles. The van der Waals surface area contributed by atoms with Crippen LogP contribution < -0.4 is 10.6 Å². The molecule has 0 fully saturated rings. The highest BCUT2D eigenvalue weighted by molar-refractivity contribution is 9.11. The lowest BCUT2D eigenvalue weighted by Crippen LogP contribution is -2.38. The van der Waals surface area contributed by atoms with E-state index in [4.69, 9.17) is 0 Å². The molecule has 0 aliphatic carbocycles. The quantitative estimate of drug-likeness (QED) is 0.877. The van der Waals surface area contributed by atoms with Crippen LogP contribution in [0.1, 0.15) is 24.6 Å². The SMILES string of the molecule is CNC(C)CNC(=O)C(C)c1ccc(Br)s1. The lowest BCUT2D eigenvalue weighted by Gasteiger charge is -2.14. The average molecular weight is 305 g/mol. The molecule has 1 rings (SSSR count). The van der Waals surface area contributed by atoms with Gasteiger partial charge in [0.05, 0.1) is 9.70 Å². The van der Waals surface area contributed by atoms with Gasteiger partial charge in [-0.15, -0.1) is 11.3 Å². The van der Waals surface area contributed by atoms with Crippen molar-refractivity contribution in [3.63, 3.8) is 0 Å². The normalized spacial score (nSPS) is 14.5. The lowest BCUT2D eigenvalue weighted by atomic mass is 10.1. The van der Waals surface area contributed by atoms with Crippen LogP contribution in [-0.2, 0) is 4.79 Å². The maximum Gasteiger partial charge on any atom is 0.228 e. The van der Waals surface area contributed by atoms with E-state index in [1.54, 1.807) is 11.3 Å². The Morgan fingerprint density at radius 2 is 2.19 bits per heavy atom. The molecular weight excluding hydrogens is 288 g/mol. The lowest BCUT2D eigenvalue weighted by molar-refractivity contribution is -0.122. The van der Waals surface area contributed by atoms with Crippen LogP contribution in [0.25, 0.3) is 0 Å². The zero-order valence-electron chi connectivity index (χ0n) is 9.71. The first-order valence-corrected chi connectivity index (χ1v) is 6.85. The summed E-state index contributed by atoms with van der Waals surface area (Å²) in [5.74, 6) is -0.00296. The monoisotopic (exact) mass is 304 g/mol. The van der Waals surface area contributed by atoms with Gasteiger partial charge in [-0.25, -0.2) is 0 Å². The molecule has 5 heteroatoms. The van der Waals surface area contributed by atoms with Crippen LogP contribution in [0.2, 0.25) is 0 Å². The minimum absolute atomic E-state index is 0.0800. The number of likely N-dealkylation sites (N-methyl/N-ethyl adjacent to an activating group) is 1. The second kappa shape index (κ2) is 6.37. The van der Waals surface area contributed by atoms with Crippen molar-refractivity contribution in [3.8, 4) is 0 Å². The van der Waals surface area contributed by atoms with E-state index in [-0.39, 0.29) is 11.8 Å².